The Balaban J connectivity index is 2.12. The van der Waals surface area contributed by atoms with Crippen LogP contribution in [-0.2, 0) is 25.6 Å². The van der Waals surface area contributed by atoms with Crippen LogP contribution in [0.15, 0.2) is 54.7 Å². The molecule has 1 N–H and O–H groups in total. The second kappa shape index (κ2) is 15.5. The number of esters is 1. The highest BCUT2D eigenvalue weighted by Crippen LogP contribution is 2.40. The Morgan fingerprint density at radius 1 is 0.938 bits per heavy atom. The molecule has 3 rings (SSSR count). The number of ether oxygens (including phenoxy) is 2. The number of hydrogen-bond acceptors (Lipinski definition) is 6. The lowest BCUT2D eigenvalue weighted by molar-refractivity contribution is -0.158. The number of hydrogen-bond donors (Lipinski definition) is 1. The minimum Gasteiger partial charge on any atom is -0.458 e. The van der Waals surface area contributed by atoms with Gasteiger partial charge in [0.25, 0.3) is 0 Å². The summed E-state index contributed by atoms with van der Waals surface area (Å²) in [5.41, 5.74) is -1.29. The first kappa shape index (κ1) is 38.5. The predicted molar refractivity (Wildman–Crippen MR) is 181 cm³/mol. The second-order valence-corrected chi connectivity index (χ2v) is 15.0. The maximum Gasteiger partial charge on any atom is 0.408 e. The zero-order valence-corrected chi connectivity index (χ0v) is 30.0. The van der Waals surface area contributed by atoms with E-state index in [1.807, 2.05) is 55.7 Å². The van der Waals surface area contributed by atoms with Gasteiger partial charge in [0, 0.05) is 24.8 Å². The first-order valence-electron chi connectivity index (χ1n) is 15.8. The molecule has 0 fully saturated rings. The summed E-state index contributed by atoms with van der Waals surface area (Å²) in [6.45, 7) is 16.2. The second-order valence-electron chi connectivity index (χ2n) is 14.7. The molecule has 0 spiro atoms. The third-order valence-electron chi connectivity index (χ3n) is 7.06. The van der Waals surface area contributed by atoms with Crippen LogP contribution in [0.4, 0.5) is 13.6 Å². The molecule has 0 aliphatic heterocycles. The zero-order chi connectivity index (χ0) is 36.0. The molecule has 0 aliphatic carbocycles. The first-order chi connectivity index (χ1) is 22.2. The number of alkyl halides is 1. The number of imidazole rings is 1. The number of carbonyl (C=O) groups excluding carboxylic acids is 3. The highest BCUT2D eigenvalue weighted by Gasteiger charge is 2.39. The van der Waals surface area contributed by atoms with E-state index in [-0.39, 0.29) is 30.1 Å². The Hall–Kier alpha value is -3.99. The number of halogens is 3. The van der Waals surface area contributed by atoms with Crippen LogP contribution in [-0.4, -0.2) is 62.1 Å². The van der Waals surface area contributed by atoms with Crippen molar-refractivity contribution in [1.82, 2.24) is 19.8 Å². The van der Waals surface area contributed by atoms with Crippen LogP contribution in [0.2, 0.25) is 0 Å². The lowest BCUT2D eigenvalue weighted by Gasteiger charge is -2.40. The molecule has 0 saturated carbocycles. The molecule has 12 heteroatoms. The van der Waals surface area contributed by atoms with E-state index in [0.29, 0.717) is 12.4 Å². The Morgan fingerprint density at radius 2 is 1.56 bits per heavy atom. The van der Waals surface area contributed by atoms with E-state index in [0.717, 1.165) is 23.8 Å². The molecule has 0 saturated heterocycles. The van der Waals surface area contributed by atoms with E-state index in [9.17, 15) is 18.8 Å². The van der Waals surface area contributed by atoms with Crippen molar-refractivity contribution in [3.63, 3.8) is 0 Å². The summed E-state index contributed by atoms with van der Waals surface area (Å²) in [7, 11) is 0. The van der Waals surface area contributed by atoms with Crippen LogP contribution in [0.25, 0.3) is 11.3 Å². The number of nitrogens with zero attached hydrogens (tertiary/aromatic N) is 3. The van der Waals surface area contributed by atoms with Crippen LogP contribution in [0, 0.1) is 17.0 Å². The van der Waals surface area contributed by atoms with Crippen LogP contribution in [0.3, 0.4) is 0 Å². The maximum atomic E-state index is 15.0. The summed E-state index contributed by atoms with van der Waals surface area (Å²) in [6.07, 6.45) is 0.769. The van der Waals surface area contributed by atoms with Crippen LogP contribution >= 0.6 is 11.6 Å². The summed E-state index contributed by atoms with van der Waals surface area (Å²) < 4.78 is 42.1. The van der Waals surface area contributed by atoms with Crippen molar-refractivity contribution >= 4 is 29.6 Å². The zero-order valence-electron chi connectivity index (χ0n) is 29.2. The van der Waals surface area contributed by atoms with E-state index in [2.05, 4.69) is 5.32 Å². The minimum absolute atomic E-state index is 0.0301. The molecule has 0 aliphatic rings. The topological polar surface area (TPSA) is 103 Å². The number of nitrogens with one attached hydrogen (secondary N) is 1. The predicted octanol–water partition coefficient (Wildman–Crippen LogP) is 7.66. The fourth-order valence-electron chi connectivity index (χ4n) is 5.19. The van der Waals surface area contributed by atoms with Gasteiger partial charge in [-0.05, 0) is 77.1 Å². The average molecular weight is 689 g/mol. The van der Waals surface area contributed by atoms with Gasteiger partial charge in [0.05, 0.1) is 11.7 Å². The van der Waals surface area contributed by atoms with Gasteiger partial charge < -0.3 is 24.3 Å². The van der Waals surface area contributed by atoms with Crippen molar-refractivity contribution in [2.24, 2.45) is 5.41 Å². The number of carbonyl (C=O) groups is 3. The molecule has 9 nitrogen and oxygen atoms in total. The quantitative estimate of drug-likeness (QED) is 0.164. The molecule has 3 aromatic rings. The molecule has 2 atom stereocenters. The number of amides is 2. The third-order valence-corrected chi connectivity index (χ3v) is 7.29. The molecule has 1 heterocycles. The van der Waals surface area contributed by atoms with Crippen molar-refractivity contribution in [1.29, 1.82) is 0 Å². The van der Waals surface area contributed by atoms with Crippen molar-refractivity contribution in [2.75, 3.05) is 12.4 Å². The molecular weight excluding hydrogens is 642 g/mol. The first-order valence-corrected chi connectivity index (χ1v) is 16.4. The molecular formula is C36H47ClF2N4O5. The Morgan fingerprint density at radius 3 is 2.12 bits per heavy atom. The third kappa shape index (κ3) is 11.0. The van der Waals surface area contributed by atoms with E-state index in [1.165, 1.54) is 4.90 Å². The molecule has 2 aromatic carbocycles. The Bertz CT molecular complexity index is 1580. The van der Waals surface area contributed by atoms with Gasteiger partial charge in [0.15, 0.2) is 0 Å². The monoisotopic (exact) mass is 688 g/mol. The summed E-state index contributed by atoms with van der Waals surface area (Å²) in [6, 6.07) is 10.7. The largest absolute Gasteiger partial charge is 0.458 e. The normalized spacial score (nSPS) is 13.4. The summed E-state index contributed by atoms with van der Waals surface area (Å²) in [4.78, 5) is 46.1. The van der Waals surface area contributed by atoms with E-state index in [4.69, 9.17) is 26.1 Å². The van der Waals surface area contributed by atoms with Crippen LogP contribution < -0.4 is 5.32 Å². The fraction of sp³-hybridized carbons (Fsp3) is 0.500. The standard InChI is InChI=1S/C36H47ClF2N4O5/c1-34(2,3)30(31-40-28(25-19-24(38)15-16-26(25)39)22-42(31)21-23-13-11-10-12-14-23)43(29(44)20-37)18-17-27(32(45)47-35(4,5)6)41-33(46)48-36(7,8)9/h10-16,19,22,27,30H,17-18,20-21H2,1-9H3,(H,41,46)/t27-,30-/m0/s1. The van der Waals surface area contributed by atoms with E-state index < -0.39 is 58.3 Å². The van der Waals surface area contributed by atoms with Gasteiger partial charge in [-0.3, -0.25) is 4.79 Å². The molecule has 0 bridgehead atoms. The average Bonchev–Trinajstić information content (AvgIpc) is 3.35. The molecule has 2 amide bonds. The number of rotatable bonds is 11. The highest BCUT2D eigenvalue weighted by molar-refractivity contribution is 6.27. The van der Waals surface area contributed by atoms with Crippen molar-refractivity contribution in [3.8, 4) is 11.3 Å². The minimum atomic E-state index is -1.17. The van der Waals surface area contributed by atoms with Gasteiger partial charge in [0.2, 0.25) is 5.91 Å². The van der Waals surface area contributed by atoms with Gasteiger partial charge in [-0.15, -0.1) is 11.6 Å². The summed E-state index contributed by atoms with van der Waals surface area (Å²) in [5.74, 6) is -2.41. The smallest absolute Gasteiger partial charge is 0.408 e. The highest BCUT2D eigenvalue weighted by atomic mass is 35.5. The van der Waals surface area contributed by atoms with Crippen molar-refractivity contribution < 1.29 is 32.6 Å². The van der Waals surface area contributed by atoms with E-state index in [1.54, 1.807) is 47.7 Å². The molecule has 1 aromatic heterocycles. The van der Waals surface area contributed by atoms with Gasteiger partial charge in [0.1, 0.15) is 40.6 Å². The van der Waals surface area contributed by atoms with Gasteiger partial charge in [-0.1, -0.05) is 51.1 Å². The van der Waals surface area contributed by atoms with Gasteiger partial charge >= 0.3 is 12.1 Å². The molecule has 0 unspecified atom stereocenters. The lowest BCUT2D eigenvalue weighted by Crippen LogP contribution is -2.49. The van der Waals surface area contributed by atoms with Gasteiger partial charge in [-0.25, -0.2) is 23.4 Å². The maximum absolute atomic E-state index is 15.0. The van der Waals surface area contributed by atoms with Crippen LogP contribution in [0.5, 0.6) is 0 Å². The molecule has 262 valence electrons. The summed E-state index contributed by atoms with van der Waals surface area (Å²) >= 11 is 6.17. The SMILES string of the molecule is CC(C)(C)OC(=O)N[C@@H](CCN(C(=O)CCl)[C@@H](c1nc(-c2cc(F)ccc2F)cn1Cc1ccccc1)C(C)(C)C)C(=O)OC(C)(C)C. The van der Waals surface area contributed by atoms with Gasteiger partial charge in [-0.2, -0.15) is 0 Å². The molecule has 48 heavy (non-hydrogen) atoms. The Kier molecular flexibility index (Phi) is 12.4. The Labute approximate surface area is 287 Å². The van der Waals surface area contributed by atoms with Crippen LogP contribution in [0.1, 0.15) is 86.2 Å². The fourth-order valence-corrected chi connectivity index (χ4v) is 5.34. The number of alkyl carbamates (subject to hydrolysis) is 1. The lowest BCUT2D eigenvalue weighted by atomic mass is 9.84. The summed E-state index contributed by atoms with van der Waals surface area (Å²) in [5, 5.41) is 2.60. The van der Waals surface area contributed by atoms with E-state index >= 15 is 4.39 Å². The number of aromatic nitrogens is 2. The molecule has 0 radical (unpaired) electrons. The van der Waals surface area contributed by atoms with Crippen molar-refractivity contribution in [2.45, 2.75) is 98.6 Å². The number of benzene rings is 2. The van der Waals surface area contributed by atoms with Crippen molar-refractivity contribution in [3.05, 3.63) is 77.8 Å².